The maximum absolute atomic E-state index is 12.6. The van der Waals surface area contributed by atoms with Crippen molar-refractivity contribution in [1.29, 1.82) is 0 Å². The molecule has 0 aromatic heterocycles. The number of hydrogen-bond donors (Lipinski definition) is 1. The van der Waals surface area contributed by atoms with Gasteiger partial charge in [-0.1, -0.05) is 12.1 Å². The van der Waals surface area contributed by atoms with Gasteiger partial charge < -0.3 is 9.84 Å². The molecular weight excluding hydrogens is 279 g/mol. The summed E-state index contributed by atoms with van der Waals surface area (Å²) in [5.41, 5.74) is -0.000764. The van der Waals surface area contributed by atoms with Gasteiger partial charge in [-0.25, -0.2) is 0 Å². The van der Waals surface area contributed by atoms with Crippen molar-refractivity contribution in [3.8, 4) is 5.75 Å². The Morgan fingerprint density at radius 3 is 2.55 bits per heavy atom. The maximum atomic E-state index is 12.6. The monoisotopic (exact) mass is 289 g/mol. The average molecular weight is 289 g/mol. The molecule has 2 rings (SSSR count). The Balaban J connectivity index is 2.56. The zero-order valence-electron chi connectivity index (χ0n) is 10.3. The highest BCUT2D eigenvalue weighted by atomic mass is 19.4. The van der Waals surface area contributed by atoms with E-state index < -0.39 is 30.5 Å². The lowest BCUT2D eigenvalue weighted by Gasteiger charge is -2.20. The van der Waals surface area contributed by atoms with Crippen molar-refractivity contribution in [1.82, 2.24) is 0 Å². The Morgan fingerprint density at radius 1 is 1.40 bits per heavy atom. The van der Waals surface area contributed by atoms with Crippen molar-refractivity contribution in [3.05, 3.63) is 23.8 Å². The van der Waals surface area contributed by atoms with Crippen molar-refractivity contribution in [2.24, 2.45) is 0 Å². The van der Waals surface area contributed by atoms with Gasteiger partial charge in [0.2, 0.25) is 0 Å². The number of rotatable bonds is 2. The van der Waals surface area contributed by atoms with E-state index in [1.54, 1.807) is 0 Å². The smallest absolute Gasteiger partial charge is 0.471 e. The van der Waals surface area contributed by atoms with Crippen LogP contribution in [-0.4, -0.2) is 36.8 Å². The lowest BCUT2D eigenvalue weighted by molar-refractivity contribution is -0.170. The summed E-state index contributed by atoms with van der Waals surface area (Å²) in [5.74, 6) is -4.57. The molecule has 0 radical (unpaired) electrons. The minimum Gasteiger partial charge on any atom is -0.495 e. The molecule has 1 aromatic carbocycles. The molecule has 5 nitrogen and oxygen atoms in total. The van der Waals surface area contributed by atoms with E-state index in [0.29, 0.717) is 4.90 Å². The Labute approximate surface area is 111 Å². The second-order valence-corrected chi connectivity index (χ2v) is 4.20. The highest BCUT2D eigenvalue weighted by Gasteiger charge is 2.48. The molecule has 0 bridgehead atoms. The summed E-state index contributed by atoms with van der Waals surface area (Å²) in [4.78, 5) is 22.9. The highest BCUT2D eigenvalue weighted by Crippen LogP contribution is 2.44. The van der Waals surface area contributed by atoms with Crippen molar-refractivity contribution >= 4 is 17.6 Å². The van der Waals surface area contributed by atoms with Crippen LogP contribution in [0.2, 0.25) is 0 Å². The van der Waals surface area contributed by atoms with E-state index in [4.69, 9.17) is 9.84 Å². The zero-order chi connectivity index (χ0) is 15.1. The van der Waals surface area contributed by atoms with Gasteiger partial charge in [-0.2, -0.15) is 13.2 Å². The molecule has 1 heterocycles. The van der Waals surface area contributed by atoms with Crippen molar-refractivity contribution in [3.63, 3.8) is 0 Å². The molecule has 1 amide bonds. The number of fused-ring (bicyclic) bond motifs is 1. The van der Waals surface area contributed by atoms with Crippen LogP contribution in [0.4, 0.5) is 18.9 Å². The normalized spacial score (nSPS) is 17.8. The minimum atomic E-state index is -5.08. The second kappa shape index (κ2) is 4.69. The third-order valence-corrected chi connectivity index (χ3v) is 3.05. The van der Waals surface area contributed by atoms with E-state index in [2.05, 4.69) is 0 Å². The van der Waals surface area contributed by atoms with Gasteiger partial charge in [0.05, 0.1) is 12.8 Å². The van der Waals surface area contributed by atoms with Crippen LogP contribution in [0.25, 0.3) is 0 Å². The summed E-state index contributed by atoms with van der Waals surface area (Å²) in [6.45, 7) is -0.566. The molecular formula is C12H10F3NO4. The van der Waals surface area contributed by atoms with Gasteiger partial charge in [0.25, 0.3) is 0 Å². The van der Waals surface area contributed by atoms with E-state index in [9.17, 15) is 22.8 Å². The fraction of sp³-hybridized carbons (Fsp3) is 0.333. The number of halogens is 3. The van der Waals surface area contributed by atoms with Crippen molar-refractivity contribution in [2.75, 3.05) is 18.6 Å². The molecule has 1 atom stereocenters. The maximum Gasteiger partial charge on any atom is 0.471 e. The number of anilines is 1. The number of nitrogens with zero attached hydrogens (tertiary/aromatic N) is 1. The quantitative estimate of drug-likeness (QED) is 0.901. The molecule has 1 aliphatic heterocycles. The molecule has 0 fully saturated rings. The van der Waals surface area contributed by atoms with Crippen LogP contribution in [0.5, 0.6) is 5.75 Å². The highest BCUT2D eigenvalue weighted by molar-refractivity contribution is 6.03. The summed E-state index contributed by atoms with van der Waals surface area (Å²) in [5, 5.41) is 9.07. The molecule has 8 heteroatoms. The number of methoxy groups -OCH3 is 1. The molecule has 0 aliphatic carbocycles. The standard InChI is InChI=1S/C12H10F3NO4/c1-20-8-4-2-3-6-7(10(17)18)5-16(9(6)8)11(19)12(13,14)15/h2-4,7H,5H2,1H3,(H,17,18). The zero-order valence-corrected chi connectivity index (χ0v) is 10.3. The van der Waals surface area contributed by atoms with Gasteiger partial charge in [0.15, 0.2) is 0 Å². The third kappa shape index (κ3) is 2.17. The van der Waals surface area contributed by atoms with Crippen LogP contribution < -0.4 is 9.64 Å². The minimum absolute atomic E-state index is 0.0313. The number of carbonyl (C=O) groups excluding carboxylic acids is 1. The van der Waals surface area contributed by atoms with Crippen LogP contribution >= 0.6 is 0 Å². The number of para-hydroxylation sites is 1. The van der Waals surface area contributed by atoms with E-state index in [1.165, 1.54) is 25.3 Å². The first kappa shape index (κ1) is 14.2. The SMILES string of the molecule is COc1cccc2c1N(C(=O)C(F)(F)F)CC2C(=O)O. The molecule has 0 saturated heterocycles. The van der Waals surface area contributed by atoms with Gasteiger partial charge in [0, 0.05) is 6.54 Å². The predicted octanol–water partition coefficient (Wildman–Crippen LogP) is 1.77. The molecule has 1 aliphatic rings. The summed E-state index contributed by atoms with van der Waals surface area (Å²) in [6, 6.07) is 4.22. The summed E-state index contributed by atoms with van der Waals surface area (Å²) >= 11 is 0. The number of carbonyl (C=O) groups is 2. The lowest BCUT2D eigenvalue weighted by Crippen LogP contribution is -2.41. The summed E-state index contributed by atoms with van der Waals surface area (Å²) in [7, 11) is 1.24. The number of amides is 1. The fourth-order valence-corrected chi connectivity index (χ4v) is 2.19. The van der Waals surface area contributed by atoms with Crippen LogP contribution in [0.15, 0.2) is 18.2 Å². The Bertz CT molecular complexity index is 570. The third-order valence-electron chi connectivity index (χ3n) is 3.05. The van der Waals surface area contributed by atoms with Gasteiger partial charge in [-0.3, -0.25) is 14.5 Å². The molecule has 1 N–H and O–H groups in total. The number of alkyl halides is 3. The van der Waals surface area contributed by atoms with Crippen molar-refractivity contribution in [2.45, 2.75) is 12.1 Å². The first-order valence-corrected chi connectivity index (χ1v) is 5.55. The molecule has 1 aromatic rings. The van der Waals surface area contributed by atoms with E-state index in [-0.39, 0.29) is 17.0 Å². The molecule has 0 saturated carbocycles. The number of benzene rings is 1. The van der Waals surface area contributed by atoms with Gasteiger partial charge in [0.1, 0.15) is 11.7 Å². The van der Waals surface area contributed by atoms with E-state index in [0.717, 1.165) is 0 Å². The lowest BCUT2D eigenvalue weighted by atomic mass is 10.0. The van der Waals surface area contributed by atoms with Gasteiger partial charge in [-0.15, -0.1) is 0 Å². The van der Waals surface area contributed by atoms with E-state index in [1.807, 2.05) is 0 Å². The molecule has 0 spiro atoms. The number of aliphatic carboxylic acids is 1. The largest absolute Gasteiger partial charge is 0.495 e. The first-order chi connectivity index (χ1) is 9.27. The first-order valence-electron chi connectivity index (χ1n) is 5.55. The fourth-order valence-electron chi connectivity index (χ4n) is 2.19. The Hall–Kier alpha value is -2.25. The predicted molar refractivity (Wildman–Crippen MR) is 61.8 cm³/mol. The van der Waals surface area contributed by atoms with Crippen LogP contribution in [-0.2, 0) is 9.59 Å². The van der Waals surface area contributed by atoms with Crippen molar-refractivity contribution < 1.29 is 32.6 Å². The second-order valence-electron chi connectivity index (χ2n) is 4.20. The molecule has 1 unspecified atom stereocenters. The summed E-state index contributed by atoms with van der Waals surface area (Å²) < 4.78 is 42.7. The molecule has 108 valence electrons. The van der Waals surface area contributed by atoms with Gasteiger partial charge >= 0.3 is 18.1 Å². The molecule has 20 heavy (non-hydrogen) atoms. The Kier molecular flexibility index (Phi) is 3.33. The van der Waals surface area contributed by atoms with Gasteiger partial charge in [-0.05, 0) is 11.6 Å². The summed E-state index contributed by atoms with van der Waals surface area (Å²) in [6.07, 6.45) is -5.08. The number of carboxylic acid groups (broad SMARTS) is 1. The van der Waals surface area contributed by atoms with Crippen LogP contribution in [0.1, 0.15) is 11.5 Å². The van der Waals surface area contributed by atoms with Crippen LogP contribution in [0, 0.1) is 0 Å². The number of hydrogen-bond acceptors (Lipinski definition) is 3. The topological polar surface area (TPSA) is 66.8 Å². The number of ether oxygens (including phenoxy) is 1. The Morgan fingerprint density at radius 2 is 2.05 bits per heavy atom. The average Bonchev–Trinajstić information content (AvgIpc) is 2.76. The number of carboxylic acids is 1. The van der Waals surface area contributed by atoms with E-state index >= 15 is 0 Å². The van der Waals surface area contributed by atoms with Crippen LogP contribution in [0.3, 0.4) is 0 Å².